The molecule has 0 bridgehead atoms. The number of allylic oxidation sites excluding steroid dienone is 2. The number of benzene rings is 1. The Labute approximate surface area is 103 Å². The lowest BCUT2D eigenvalue weighted by atomic mass is 10.00. The topological polar surface area (TPSA) is 34.1 Å². The van der Waals surface area contributed by atoms with Gasteiger partial charge in [-0.3, -0.25) is 0 Å². The summed E-state index contributed by atoms with van der Waals surface area (Å²) in [6, 6.07) is 8.50. The molecule has 17 heavy (non-hydrogen) atoms. The fraction of sp³-hybridized carbons (Fsp3) is 0.286. The van der Waals surface area contributed by atoms with Crippen molar-refractivity contribution < 1.29 is 8.42 Å². The normalized spacial score (nSPS) is 16.4. The maximum Gasteiger partial charge on any atom is 0.206 e. The average molecular weight is 248 g/mol. The maximum absolute atomic E-state index is 12.3. The van der Waals surface area contributed by atoms with Crippen LogP contribution in [0, 0.1) is 0 Å². The van der Waals surface area contributed by atoms with Gasteiger partial charge in [0.2, 0.25) is 9.84 Å². The Morgan fingerprint density at radius 3 is 2.41 bits per heavy atom. The molecule has 1 aliphatic rings. The lowest BCUT2D eigenvalue weighted by Crippen LogP contribution is -2.07. The van der Waals surface area contributed by atoms with Crippen LogP contribution in [0.2, 0.25) is 0 Å². The molecule has 0 N–H and O–H groups in total. The van der Waals surface area contributed by atoms with Gasteiger partial charge >= 0.3 is 0 Å². The van der Waals surface area contributed by atoms with Crippen molar-refractivity contribution in [2.24, 2.45) is 0 Å². The molecule has 2 rings (SSSR count). The van der Waals surface area contributed by atoms with Crippen molar-refractivity contribution in [1.82, 2.24) is 0 Å². The molecule has 0 radical (unpaired) electrons. The summed E-state index contributed by atoms with van der Waals surface area (Å²) < 4.78 is 24.6. The third-order valence-electron chi connectivity index (χ3n) is 3.03. The highest BCUT2D eigenvalue weighted by atomic mass is 32.2. The summed E-state index contributed by atoms with van der Waals surface area (Å²) in [5.41, 5.74) is 0.889. The molecule has 0 atom stereocenters. The third-order valence-corrected chi connectivity index (χ3v) is 4.83. The van der Waals surface area contributed by atoms with Gasteiger partial charge in [-0.15, -0.1) is 0 Å². The SMILES string of the molecule is C=C(C1=CCCCC1)S(=O)(=O)c1ccccc1. The minimum atomic E-state index is -3.40. The summed E-state index contributed by atoms with van der Waals surface area (Å²) in [6.45, 7) is 3.77. The van der Waals surface area contributed by atoms with Crippen molar-refractivity contribution in [3.05, 3.63) is 53.5 Å². The number of hydrogen-bond donors (Lipinski definition) is 0. The minimum absolute atomic E-state index is 0.267. The summed E-state index contributed by atoms with van der Waals surface area (Å²) in [6.07, 6.45) is 5.98. The van der Waals surface area contributed by atoms with E-state index in [2.05, 4.69) is 6.58 Å². The Bertz CT molecular complexity index is 539. The molecule has 90 valence electrons. The predicted molar refractivity (Wildman–Crippen MR) is 69.3 cm³/mol. The Balaban J connectivity index is 2.34. The zero-order valence-electron chi connectivity index (χ0n) is 9.72. The first-order valence-electron chi connectivity index (χ1n) is 5.81. The second kappa shape index (κ2) is 4.88. The van der Waals surface area contributed by atoms with Crippen LogP contribution in [0.4, 0.5) is 0 Å². The van der Waals surface area contributed by atoms with E-state index in [4.69, 9.17) is 0 Å². The molecule has 2 nitrogen and oxygen atoms in total. The van der Waals surface area contributed by atoms with Gasteiger partial charge in [-0.2, -0.15) is 0 Å². The van der Waals surface area contributed by atoms with Gasteiger partial charge in [-0.25, -0.2) is 8.42 Å². The summed E-state index contributed by atoms with van der Waals surface area (Å²) >= 11 is 0. The molecule has 0 amide bonds. The first kappa shape index (κ1) is 12.1. The first-order chi connectivity index (χ1) is 8.12. The van der Waals surface area contributed by atoms with E-state index in [0.29, 0.717) is 4.90 Å². The van der Waals surface area contributed by atoms with E-state index in [1.807, 2.05) is 12.1 Å². The van der Waals surface area contributed by atoms with Gasteiger partial charge in [-0.1, -0.05) is 30.9 Å². The van der Waals surface area contributed by atoms with Crippen molar-refractivity contribution in [3.8, 4) is 0 Å². The summed E-state index contributed by atoms with van der Waals surface area (Å²) in [5, 5.41) is 0. The Morgan fingerprint density at radius 2 is 1.82 bits per heavy atom. The van der Waals surface area contributed by atoms with E-state index in [0.717, 1.165) is 31.3 Å². The van der Waals surface area contributed by atoms with Crippen LogP contribution >= 0.6 is 0 Å². The standard InChI is InChI=1S/C14H16O2S/c1-12(13-8-4-2-5-9-13)17(15,16)14-10-6-3-7-11-14/h3,6-8,10-11H,1-2,4-5,9H2. The highest BCUT2D eigenvalue weighted by Gasteiger charge is 2.22. The molecule has 0 saturated carbocycles. The van der Waals surface area contributed by atoms with Crippen LogP contribution in [0.15, 0.2) is 58.4 Å². The van der Waals surface area contributed by atoms with E-state index in [-0.39, 0.29) is 4.91 Å². The zero-order chi connectivity index (χ0) is 12.3. The molecular formula is C14H16O2S. The zero-order valence-corrected chi connectivity index (χ0v) is 10.5. The van der Waals surface area contributed by atoms with Crippen molar-refractivity contribution in [2.75, 3.05) is 0 Å². The Kier molecular flexibility index (Phi) is 3.48. The molecule has 0 aromatic heterocycles. The molecular weight excluding hydrogens is 232 g/mol. The molecule has 0 spiro atoms. The lowest BCUT2D eigenvalue weighted by Gasteiger charge is -2.15. The van der Waals surface area contributed by atoms with E-state index in [1.165, 1.54) is 0 Å². The van der Waals surface area contributed by atoms with Gasteiger partial charge in [0.15, 0.2) is 0 Å². The second-order valence-electron chi connectivity index (χ2n) is 4.21. The van der Waals surface area contributed by atoms with Crippen LogP contribution in [0.3, 0.4) is 0 Å². The van der Waals surface area contributed by atoms with Crippen molar-refractivity contribution in [3.63, 3.8) is 0 Å². The fourth-order valence-electron chi connectivity index (χ4n) is 2.01. The summed E-state index contributed by atoms with van der Waals surface area (Å²) in [5.74, 6) is 0. The first-order valence-corrected chi connectivity index (χ1v) is 7.29. The Hall–Kier alpha value is -1.35. The lowest BCUT2D eigenvalue weighted by molar-refractivity contribution is 0.601. The summed E-state index contributed by atoms with van der Waals surface area (Å²) in [7, 11) is -3.40. The van der Waals surface area contributed by atoms with Gasteiger partial charge in [0.25, 0.3) is 0 Å². The van der Waals surface area contributed by atoms with Crippen molar-refractivity contribution in [2.45, 2.75) is 30.6 Å². The molecule has 0 fully saturated rings. The molecule has 0 heterocycles. The van der Waals surface area contributed by atoms with Gasteiger partial charge in [0.05, 0.1) is 9.80 Å². The largest absolute Gasteiger partial charge is 0.219 e. The van der Waals surface area contributed by atoms with Crippen molar-refractivity contribution in [1.29, 1.82) is 0 Å². The smallest absolute Gasteiger partial charge is 0.206 e. The molecule has 0 aliphatic heterocycles. The average Bonchev–Trinajstić information content (AvgIpc) is 2.40. The monoisotopic (exact) mass is 248 g/mol. The van der Waals surface area contributed by atoms with Gasteiger partial charge < -0.3 is 0 Å². The van der Waals surface area contributed by atoms with Gasteiger partial charge in [-0.05, 0) is 43.4 Å². The molecule has 0 saturated heterocycles. The van der Waals surface area contributed by atoms with Crippen LogP contribution in [0.1, 0.15) is 25.7 Å². The van der Waals surface area contributed by atoms with Crippen LogP contribution in [0.25, 0.3) is 0 Å². The highest BCUT2D eigenvalue weighted by Crippen LogP contribution is 2.29. The van der Waals surface area contributed by atoms with E-state index in [1.54, 1.807) is 24.3 Å². The molecule has 3 heteroatoms. The van der Waals surface area contributed by atoms with Crippen molar-refractivity contribution >= 4 is 9.84 Å². The number of rotatable bonds is 3. The van der Waals surface area contributed by atoms with Gasteiger partial charge in [0, 0.05) is 0 Å². The van der Waals surface area contributed by atoms with Crippen LogP contribution in [0.5, 0.6) is 0 Å². The van der Waals surface area contributed by atoms with Crippen LogP contribution in [-0.2, 0) is 9.84 Å². The van der Waals surface area contributed by atoms with Crippen LogP contribution < -0.4 is 0 Å². The van der Waals surface area contributed by atoms with E-state index < -0.39 is 9.84 Å². The third kappa shape index (κ3) is 2.50. The van der Waals surface area contributed by atoms with Gasteiger partial charge in [0.1, 0.15) is 0 Å². The molecule has 1 aliphatic carbocycles. The second-order valence-corrected chi connectivity index (χ2v) is 6.19. The Morgan fingerprint density at radius 1 is 1.12 bits per heavy atom. The highest BCUT2D eigenvalue weighted by molar-refractivity contribution is 7.95. The van der Waals surface area contributed by atoms with Crippen LogP contribution in [-0.4, -0.2) is 8.42 Å². The maximum atomic E-state index is 12.3. The van der Waals surface area contributed by atoms with E-state index >= 15 is 0 Å². The molecule has 0 unspecified atom stereocenters. The number of sulfone groups is 1. The number of hydrogen-bond acceptors (Lipinski definition) is 2. The fourth-order valence-corrected chi connectivity index (χ4v) is 3.34. The van der Waals surface area contributed by atoms with E-state index in [9.17, 15) is 8.42 Å². The summed E-state index contributed by atoms with van der Waals surface area (Å²) in [4.78, 5) is 0.597. The predicted octanol–water partition coefficient (Wildman–Crippen LogP) is 3.47. The quantitative estimate of drug-likeness (QED) is 0.820. The minimum Gasteiger partial charge on any atom is -0.219 e. The molecule has 1 aromatic carbocycles. The molecule has 1 aromatic rings.